The van der Waals surface area contributed by atoms with Crippen molar-refractivity contribution >= 4 is 17.5 Å². The molecule has 2 aliphatic heterocycles. The number of anilines is 1. The molecule has 34 heavy (non-hydrogen) atoms. The van der Waals surface area contributed by atoms with E-state index in [1.165, 1.54) is 30.1 Å². The number of hydrogen-bond acceptors (Lipinski definition) is 6. The van der Waals surface area contributed by atoms with Crippen molar-refractivity contribution in [3.63, 3.8) is 0 Å². The fourth-order valence-corrected chi connectivity index (χ4v) is 4.95. The number of likely N-dealkylation sites (tertiary alicyclic amines) is 1. The van der Waals surface area contributed by atoms with E-state index in [2.05, 4.69) is 10.5 Å². The summed E-state index contributed by atoms with van der Waals surface area (Å²) in [5.41, 5.74) is -1.16. The molecule has 0 bridgehead atoms. The Morgan fingerprint density at radius 3 is 2.53 bits per heavy atom. The largest absolute Gasteiger partial charge is 0.417 e. The van der Waals surface area contributed by atoms with E-state index < -0.39 is 23.3 Å². The number of likely N-dealkylation sites (N-methyl/N-ethyl adjacent to an activating group) is 1. The Morgan fingerprint density at radius 1 is 1.26 bits per heavy atom. The minimum atomic E-state index is -4.62. The Hall–Kier alpha value is -3.55. The third-order valence-electron chi connectivity index (χ3n) is 6.78. The van der Waals surface area contributed by atoms with Crippen molar-refractivity contribution in [1.29, 1.82) is 5.26 Å². The van der Waals surface area contributed by atoms with Crippen molar-refractivity contribution in [1.82, 2.24) is 15.4 Å². The Labute approximate surface area is 194 Å². The van der Waals surface area contributed by atoms with Crippen LogP contribution in [0.2, 0.25) is 0 Å². The third-order valence-corrected chi connectivity index (χ3v) is 6.78. The first-order valence-corrected chi connectivity index (χ1v) is 10.9. The highest BCUT2D eigenvalue weighted by Crippen LogP contribution is 2.45. The number of rotatable bonds is 3. The predicted octanol–water partition coefficient (Wildman–Crippen LogP) is 3.12. The molecule has 2 fully saturated rings. The maximum atomic E-state index is 13.4. The lowest BCUT2D eigenvalue weighted by atomic mass is 9.76. The van der Waals surface area contributed by atoms with E-state index in [1.807, 2.05) is 4.90 Å². The average Bonchev–Trinajstić information content (AvgIpc) is 3.42. The van der Waals surface area contributed by atoms with E-state index in [1.54, 1.807) is 13.0 Å². The Morgan fingerprint density at radius 2 is 1.97 bits per heavy atom. The zero-order chi connectivity index (χ0) is 24.7. The van der Waals surface area contributed by atoms with E-state index >= 15 is 0 Å². The molecule has 1 unspecified atom stereocenters. The molecule has 180 valence electrons. The van der Waals surface area contributed by atoms with Crippen LogP contribution in [0.15, 0.2) is 28.8 Å². The summed E-state index contributed by atoms with van der Waals surface area (Å²) in [6, 6.07) is 6.20. The molecular weight excluding hydrogens is 451 g/mol. The number of amides is 2. The number of halogens is 3. The third kappa shape index (κ3) is 4.32. The van der Waals surface area contributed by atoms with Gasteiger partial charge in [0.1, 0.15) is 11.8 Å². The van der Waals surface area contributed by atoms with Crippen LogP contribution in [-0.4, -0.2) is 54.6 Å². The van der Waals surface area contributed by atoms with Gasteiger partial charge in [0.05, 0.1) is 17.2 Å². The van der Waals surface area contributed by atoms with Crippen LogP contribution >= 0.6 is 0 Å². The molecule has 2 aromatic rings. The number of hydrogen-bond donors (Lipinski definition) is 1. The number of nitriles is 1. The maximum absolute atomic E-state index is 13.4. The van der Waals surface area contributed by atoms with Gasteiger partial charge in [0.15, 0.2) is 5.69 Å². The first-order chi connectivity index (χ1) is 16.1. The van der Waals surface area contributed by atoms with Gasteiger partial charge in [-0.15, -0.1) is 0 Å². The summed E-state index contributed by atoms with van der Waals surface area (Å²) in [5.74, 6) is -0.163. The summed E-state index contributed by atoms with van der Waals surface area (Å²) in [6.07, 6.45) is -2.96. The molecule has 11 heteroatoms. The number of aromatic nitrogens is 1. The molecule has 0 saturated carbocycles. The van der Waals surface area contributed by atoms with Gasteiger partial charge in [-0.1, -0.05) is 5.16 Å². The molecular formula is C23H24F3N5O3. The fraction of sp³-hybridized carbons (Fsp3) is 0.478. The molecule has 1 N–H and O–H groups in total. The van der Waals surface area contributed by atoms with Crippen molar-refractivity contribution in [2.24, 2.45) is 5.41 Å². The van der Waals surface area contributed by atoms with Gasteiger partial charge in [-0.05, 0) is 49.8 Å². The topological polar surface area (TPSA) is 102 Å². The number of aryl methyl sites for hydroxylation is 1. The van der Waals surface area contributed by atoms with E-state index in [0.29, 0.717) is 50.3 Å². The molecule has 2 aliphatic rings. The molecule has 1 aromatic carbocycles. The normalized spacial score (nSPS) is 19.8. The molecule has 1 atom stereocenters. The smallest absolute Gasteiger partial charge is 0.371 e. The molecule has 2 amide bonds. The lowest BCUT2D eigenvalue weighted by molar-refractivity contribution is -0.137. The second-order valence-electron chi connectivity index (χ2n) is 8.92. The lowest BCUT2D eigenvalue weighted by Crippen LogP contribution is -2.45. The van der Waals surface area contributed by atoms with E-state index in [9.17, 15) is 22.8 Å². The van der Waals surface area contributed by atoms with Crippen molar-refractivity contribution < 1.29 is 27.3 Å². The van der Waals surface area contributed by atoms with Crippen LogP contribution in [0.25, 0.3) is 0 Å². The van der Waals surface area contributed by atoms with Gasteiger partial charge in [-0.25, -0.2) is 0 Å². The van der Waals surface area contributed by atoms with E-state index in [0.717, 1.165) is 6.07 Å². The quantitative estimate of drug-likeness (QED) is 0.732. The van der Waals surface area contributed by atoms with Crippen molar-refractivity contribution in [2.45, 2.75) is 38.4 Å². The van der Waals surface area contributed by atoms with Gasteiger partial charge in [-0.2, -0.15) is 18.4 Å². The summed E-state index contributed by atoms with van der Waals surface area (Å²) in [6.45, 7) is 2.96. The molecule has 1 aromatic heterocycles. The molecule has 3 heterocycles. The van der Waals surface area contributed by atoms with Crippen molar-refractivity contribution in [3.05, 3.63) is 46.8 Å². The van der Waals surface area contributed by atoms with Gasteiger partial charge in [0.25, 0.3) is 5.91 Å². The van der Waals surface area contributed by atoms with Crippen LogP contribution in [0.1, 0.15) is 46.6 Å². The van der Waals surface area contributed by atoms with Gasteiger partial charge in [0.2, 0.25) is 5.91 Å². The predicted molar refractivity (Wildman–Crippen MR) is 115 cm³/mol. The maximum Gasteiger partial charge on any atom is 0.417 e. The first kappa shape index (κ1) is 23.6. The van der Waals surface area contributed by atoms with Crippen LogP contribution < -0.4 is 10.2 Å². The summed E-state index contributed by atoms with van der Waals surface area (Å²) in [7, 11) is 1.52. The number of nitrogens with zero attached hydrogens (tertiary/aromatic N) is 4. The highest BCUT2D eigenvalue weighted by Gasteiger charge is 2.50. The van der Waals surface area contributed by atoms with E-state index in [-0.39, 0.29) is 22.9 Å². The number of benzene rings is 1. The number of alkyl halides is 3. The van der Waals surface area contributed by atoms with Gasteiger partial charge >= 0.3 is 6.18 Å². The second-order valence-corrected chi connectivity index (χ2v) is 8.92. The Kier molecular flexibility index (Phi) is 6.02. The molecule has 0 aliphatic carbocycles. The highest BCUT2D eigenvalue weighted by molar-refractivity contribution is 5.96. The van der Waals surface area contributed by atoms with Crippen LogP contribution in [-0.2, 0) is 11.0 Å². The number of nitrogens with one attached hydrogen (secondary N) is 1. The SMILES string of the molecule is CNC(=O)C1CC2(CCN(c3ccc(C#N)c(C(F)(F)F)c3)CC2)CN1C(=O)c1cc(C)on1. The number of carbonyl (C=O) groups excluding carboxylic acids is 2. The molecule has 8 nitrogen and oxygen atoms in total. The number of carbonyl (C=O) groups is 2. The molecule has 1 spiro atoms. The van der Waals surface area contributed by atoms with Crippen LogP contribution in [0.3, 0.4) is 0 Å². The summed E-state index contributed by atoms with van der Waals surface area (Å²) < 4.78 is 45.1. The monoisotopic (exact) mass is 475 g/mol. The fourth-order valence-electron chi connectivity index (χ4n) is 4.95. The minimum absolute atomic E-state index is 0.137. The molecule has 2 saturated heterocycles. The summed E-state index contributed by atoms with van der Waals surface area (Å²) in [4.78, 5) is 29.0. The Bertz CT molecular complexity index is 1150. The van der Waals surface area contributed by atoms with Gasteiger partial charge in [0, 0.05) is 38.4 Å². The molecule has 0 radical (unpaired) electrons. The van der Waals surface area contributed by atoms with Crippen LogP contribution in [0.4, 0.5) is 18.9 Å². The van der Waals surface area contributed by atoms with Crippen molar-refractivity contribution in [3.8, 4) is 6.07 Å². The van der Waals surface area contributed by atoms with E-state index in [4.69, 9.17) is 9.78 Å². The van der Waals surface area contributed by atoms with Gasteiger partial charge < -0.3 is 19.6 Å². The van der Waals surface area contributed by atoms with Crippen LogP contribution in [0.5, 0.6) is 0 Å². The molecule has 4 rings (SSSR count). The number of piperidine rings is 1. The van der Waals surface area contributed by atoms with Crippen LogP contribution in [0, 0.1) is 23.7 Å². The van der Waals surface area contributed by atoms with Crippen molar-refractivity contribution in [2.75, 3.05) is 31.6 Å². The second kappa shape index (κ2) is 8.66. The average molecular weight is 475 g/mol. The minimum Gasteiger partial charge on any atom is -0.371 e. The Balaban J connectivity index is 1.53. The zero-order valence-corrected chi connectivity index (χ0v) is 18.8. The lowest BCUT2D eigenvalue weighted by Gasteiger charge is -2.40. The highest BCUT2D eigenvalue weighted by atomic mass is 19.4. The zero-order valence-electron chi connectivity index (χ0n) is 18.8. The first-order valence-electron chi connectivity index (χ1n) is 10.9. The summed E-state index contributed by atoms with van der Waals surface area (Å²) >= 11 is 0. The standard InChI is InChI=1S/C23H24F3N5O3/c1-14-9-18(29-34-14)21(33)31-13-22(11-19(31)20(32)28-2)5-7-30(8-6-22)16-4-3-15(12-27)17(10-16)23(24,25)26/h3-4,9-10,19H,5-8,11,13H2,1-2H3,(H,28,32). The van der Waals surface area contributed by atoms with Gasteiger partial charge in [-0.3, -0.25) is 9.59 Å². The summed E-state index contributed by atoms with van der Waals surface area (Å²) in [5, 5.41) is 15.4.